The van der Waals surface area contributed by atoms with Crippen LogP contribution in [0.15, 0.2) is 48.5 Å². The van der Waals surface area contributed by atoms with E-state index in [1.807, 2.05) is 31.2 Å². The second-order valence-corrected chi connectivity index (χ2v) is 9.17. The fourth-order valence-corrected chi connectivity index (χ4v) is 5.01. The van der Waals surface area contributed by atoms with Crippen molar-refractivity contribution in [1.29, 1.82) is 0 Å². The summed E-state index contributed by atoms with van der Waals surface area (Å²) in [4.78, 5) is 36.3. The predicted molar refractivity (Wildman–Crippen MR) is 130 cm³/mol. The summed E-state index contributed by atoms with van der Waals surface area (Å²) in [7, 11) is 0. The Morgan fingerprint density at radius 1 is 1.09 bits per heavy atom. The first kappa shape index (κ1) is 24.7. The van der Waals surface area contributed by atoms with Crippen LogP contribution in [0.2, 0.25) is 0 Å². The Hall–Kier alpha value is -3.39. The number of carboxylic acids is 1. The minimum absolute atomic E-state index is 0.0313. The minimum atomic E-state index is -0.914. The van der Waals surface area contributed by atoms with Crippen molar-refractivity contribution in [1.82, 2.24) is 10.6 Å². The highest BCUT2D eigenvalue weighted by Gasteiger charge is 2.31. The molecule has 8 nitrogen and oxygen atoms in total. The van der Waals surface area contributed by atoms with Gasteiger partial charge in [-0.2, -0.15) is 0 Å². The molecule has 3 atom stereocenters. The zero-order valence-corrected chi connectivity index (χ0v) is 19.9. The lowest BCUT2D eigenvalue weighted by molar-refractivity contribution is -0.140. The van der Waals surface area contributed by atoms with Crippen LogP contribution in [0.5, 0.6) is 0 Å². The van der Waals surface area contributed by atoms with Gasteiger partial charge in [0.05, 0.1) is 13.0 Å². The molecule has 2 aromatic carbocycles. The molecule has 1 aliphatic heterocycles. The maximum atomic E-state index is 12.6. The Balaban J connectivity index is 1.30. The second kappa shape index (κ2) is 11.4. The Morgan fingerprint density at radius 2 is 1.74 bits per heavy atom. The normalized spacial score (nSPS) is 19.8. The maximum absolute atomic E-state index is 12.6. The van der Waals surface area contributed by atoms with Gasteiger partial charge in [-0.15, -0.1) is 0 Å². The van der Waals surface area contributed by atoms with Gasteiger partial charge in [-0.05, 0) is 35.1 Å². The van der Waals surface area contributed by atoms with Crippen molar-refractivity contribution >= 4 is 18.0 Å². The largest absolute Gasteiger partial charge is 0.481 e. The van der Waals surface area contributed by atoms with Crippen LogP contribution in [-0.4, -0.2) is 55.0 Å². The van der Waals surface area contributed by atoms with E-state index in [9.17, 15) is 14.4 Å². The van der Waals surface area contributed by atoms with Crippen molar-refractivity contribution in [3.8, 4) is 11.1 Å². The number of carbonyl (C=O) groups excluding carboxylic acids is 2. The summed E-state index contributed by atoms with van der Waals surface area (Å²) < 4.78 is 11.0. The Kier molecular flexibility index (Phi) is 8.02. The monoisotopic (exact) mass is 480 g/mol. The van der Waals surface area contributed by atoms with Gasteiger partial charge in [0.15, 0.2) is 0 Å². The van der Waals surface area contributed by atoms with E-state index in [0.29, 0.717) is 26.1 Å². The number of hydrogen-bond donors (Lipinski definition) is 3. The van der Waals surface area contributed by atoms with Gasteiger partial charge in [-0.25, -0.2) is 4.79 Å². The highest BCUT2D eigenvalue weighted by molar-refractivity contribution is 5.80. The molecular weight excluding hydrogens is 448 g/mol. The van der Waals surface area contributed by atoms with Gasteiger partial charge in [-0.1, -0.05) is 55.5 Å². The van der Waals surface area contributed by atoms with E-state index in [1.165, 1.54) is 0 Å². The third-order valence-corrected chi connectivity index (χ3v) is 6.85. The molecule has 2 aliphatic rings. The van der Waals surface area contributed by atoms with Gasteiger partial charge >= 0.3 is 12.1 Å². The first-order valence-corrected chi connectivity index (χ1v) is 12.2. The average Bonchev–Trinajstić information content (AvgIpc) is 3.17. The number of nitrogens with one attached hydrogen (secondary N) is 2. The third kappa shape index (κ3) is 6.00. The molecule has 35 heavy (non-hydrogen) atoms. The minimum Gasteiger partial charge on any atom is -0.481 e. The second-order valence-electron chi connectivity index (χ2n) is 9.17. The van der Waals surface area contributed by atoms with Crippen LogP contribution in [0.4, 0.5) is 4.79 Å². The third-order valence-electron chi connectivity index (χ3n) is 6.85. The smallest absolute Gasteiger partial charge is 0.407 e. The number of carboxylic acid groups (broad SMARTS) is 1. The van der Waals surface area contributed by atoms with Crippen molar-refractivity contribution in [2.75, 3.05) is 19.8 Å². The van der Waals surface area contributed by atoms with Crippen LogP contribution in [0.25, 0.3) is 11.1 Å². The lowest BCUT2D eigenvalue weighted by atomic mass is 9.92. The number of hydrogen-bond acceptors (Lipinski definition) is 5. The molecule has 186 valence electrons. The summed E-state index contributed by atoms with van der Waals surface area (Å²) in [6.07, 6.45) is 0.615. The lowest BCUT2D eigenvalue weighted by Crippen LogP contribution is -2.48. The van der Waals surface area contributed by atoms with Crippen molar-refractivity contribution in [2.45, 2.75) is 50.6 Å². The van der Waals surface area contributed by atoms with E-state index < -0.39 is 12.1 Å². The van der Waals surface area contributed by atoms with Crippen molar-refractivity contribution < 1.29 is 29.0 Å². The van der Waals surface area contributed by atoms with E-state index in [1.54, 1.807) is 0 Å². The highest BCUT2D eigenvalue weighted by atomic mass is 16.5. The van der Waals surface area contributed by atoms with Crippen LogP contribution in [0.1, 0.15) is 49.7 Å². The maximum Gasteiger partial charge on any atom is 0.407 e. The zero-order valence-electron chi connectivity index (χ0n) is 19.9. The van der Waals surface area contributed by atoms with Crippen molar-refractivity contribution in [2.24, 2.45) is 5.92 Å². The average molecular weight is 481 g/mol. The molecule has 0 saturated carbocycles. The highest BCUT2D eigenvalue weighted by Crippen LogP contribution is 2.44. The summed E-state index contributed by atoms with van der Waals surface area (Å²) in [5, 5.41) is 14.9. The first-order valence-electron chi connectivity index (χ1n) is 12.2. The Bertz CT molecular complexity index is 1030. The van der Waals surface area contributed by atoms with E-state index in [0.717, 1.165) is 22.3 Å². The van der Waals surface area contributed by atoms with Crippen LogP contribution in [0, 0.1) is 5.92 Å². The fourth-order valence-electron chi connectivity index (χ4n) is 5.01. The summed E-state index contributed by atoms with van der Waals surface area (Å²) in [6, 6.07) is 15.6. The number of amides is 2. The Labute approximate surface area is 205 Å². The summed E-state index contributed by atoms with van der Waals surface area (Å²) in [5.41, 5.74) is 4.60. The van der Waals surface area contributed by atoms with Gasteiger partial charge in [0, 0.05) is 36.9 Å². The molecule has 0 bridgehead atoms. The van der Waals surface area contributed by atoms with Crippen LogP contribution >= 0.6 is 0 Å². The number of ether oxygens (including phenoxy) is 2. The van der Waals surface area contributed by atoms with E-state index in [-0.39, 0.29) is 49.3 Å². The van der Waals surface area contributed by atoms with E-state index in [4.69, 9.17) is 14.6 Å². The summed E-state index contributed by atoms with van der Waals surface area (Å²) in [5.74, 6) is -1.43. The zero-order chi connectivity index (χ0) is 24.8. The number of carbonyl (C=O) groups is 3. The van der Waals surface area contributed by atoms with Gasteiger partial charge in [-0.3, -0.25) is 9.59 Å². The molecular formula is C27H32N2O6. The molecule has 1 heterocycles. The lowest BCUT2D eigenvalue weighted by Gasteiger charge is -2.31. The van der Waals surface area contributed by atoms with E-state index >= 15 is 0 Å². The van der Waals surface area contributed by atoms with Crippen molar-refractivity contribution in [3.05, 3.63) is 59.7 Å². The van der Waals surface area contributed by atoms with Crippen molar-refractivity contribution in [3.63, 3.8) is 0 Å². The van der Waals surface area contributed by atoms with Crippen LogP contribution < -0.4 is 10.6 Å². The number of benzene rings is 2. The fraction of sp³-hybridized carbons (Fsp3) is 0.444. The number of rotatable bonds is 9. The van der Waals surface area contributed by atoms with Gasteiger partial charge < -0.3 is 25.2 Å². The molecule has 4 rings (SSSR count). The molecule has 3 N–H and O–H groups in total. The summed E-state index contributed by atoms with van der Waals surface area (Å²) in [6.45, 7) is 2.90. The summed E-state index contributed by atoms with van der Waals surface area (Å²) >= 11 is 0. The number of fused-ring (bicyclic) bond motifs is 3. The van der Waals surface area contributed by atoms with Gasteiger partial charge in [0.1, 0.15) is 6.61 Å². The van der Waals surface area contributed by atoms with Crippen LogP contribution in [0.3, 0.4) is 0 Å². The molecule has 2 unspecified atom stereocenters. The Morgan fingerprint density at radius 3 is 2.37 bits per heavy atom. The number of aliphatic carboxylic acids is 1. The molecule has 2 aromatic rings. The molecule has 2 amide bonds. The first-order chi connectivity index (χ1) is 17.0. The molecule has 1 fully saturated rings. The van der Waals surface area contributed by atoms with Gasteiger partial charge in [0.25, 0.3) is 0 Å². The van der Waals surface area contributed by atoms with E-state index in [2.05, 4.69) is 34.9 Å². The topological polar surface area (TPSA) is 114 Å². The molecule has 1 saturated heterocycles. The molecule has 0 radical (unpaired) electrons. The quantitative estimate of drug-likeness (QED) is 0.504. The molecule has 0 spiro atoms. The van der Waals surface area contributed by atoms with Crippen LogP contribution in [-0.2, 0) is 19.1 Å². The van der Waals surface area contributed by atoms with Gasteiger partial charge in [0.2, 0.25) is 5.91 Å². The SMILES string of the molecule is CC[C@H](CC(=O)NC1CCOCC1CC(=O)O)NC(=O)OCC1c2ccccc2-c2ccccc21. The molecule has 8 heteroatoms. The number of alkyl carbamates (subject to hydrolysis) is 1. The molecule has 0 aromatic heterocycles. The standard InChI is InChI=1S/C27H32N2O6/c1-2-18(14-25(30)29-24-11-12-34-15-17(24)13-26(31)32)28-27(33)35-16-23-21-9-5-3-7-19(21)20-8-4-6-10-22(20)23/h3-10,17-18,23-24H,2,11-16H2,1H3,(H,28,33)(H,29,30)(H,31,32)/t17?,18-,24?/m1/s1. The predicted octanol–water partition coefficient (Wildman–Crippen LogP) is 3.69. The molecule has 1 aliphatic carbocycles.